The van der Waals surface area contributed by atoms with E-state index in [1.165, 1.54) is 148 Å². The largest absolute Gasteiger partial charge is 0.394 e. The molecule has 12 N–H and O–H groups in total. The van der Waals surface area contributed by atoms with Crippen LogP contribution in [0.5, 0.6) is 0 Å². The van der Waals surface area contributed by atoms with Crippen LogP contribution in [0.25, 0.3) is 0 Å². The molecule has 3 aliphatic heterocycles. The van der Waals surface area contributed by atoms with Crippen LogP contribution >= 0.6 is 0 Å². The van der Waals surface area contributed by atoms with E-state index in [-0.39, 0.29) is 18.9 Å². The first-order valence-electron chi connectivity index (χ1n) is 31.1. The molecule has 1 amide bonds. The summed E-state index contributed by atoms with van der Waals surface area (Å²) in [6.07, 6.45) is 19.0. The van der Waals surface area contributed by atoms with Crippen LogP contribution in [-0.2, 0) is 33.2 Å². The molecule has 0 aliphatic carbocycles. The van der Waals surface area contributed by atoms with Gasteiger partial charge in [-0.3, -0.25) is 4.79 Å². The molecule has 19 heteroatoms. The molecular formula is C60H111NO18. The van der Waals surface area contributed by atoms with Crippen molar-refractivity contribution in [3.8, 4) is 0 Å². The lowest BCUT2D eigenvalue weighted by atomic mass is 9.96. The molecule has 0 radical (unpaired) electrons. The van der Waals surface area contributed by atoms with Gasteiger partial charge in [0.05, 0.1) is 38.6 Å². The summed E-state index contributed by atoms with van der Waals surface area (Å²) in [5.41, 5.74) is 0. The first-order chi connectivity index (χ1) is 38.3. The molecule has 17 unspecified atom stereocenters. The average molecular weight is 1130 g/mol. The number of aliphatic hydroxyl groups excluding tert-OH is 11. The van der Waals surface area contributed by atoms with Gasteiger partial charge >= 0.3 is 0 Å². The molecule has 0 saturated carbocycles. The van der Waals surface area contributed by atoms with E-state index >= 15 is 0 Å². The Bertz CT molecular complexity index is 1540. The van der Waals surface area contributed by atoms with Gasteiger partial charge in [0, 0.05) is 6.42 Å². The zero-order valence-electron chi connectivity index (χ0n) is 48.4. The molecule has 0 bridgehead atoms. The van der Waals surface area contributed by atoms with Gasteiger partial charge in [-0.15, -0.1) is 0 Å². The second-order valence-electron chi connectivity index (χ2n) is 22.5. The lowest BCUT2D eigenvalue weighted by Gasteiger charge is -2.48. The molecule has 3 saturated heterocycles. The summed E-state index contributed by atoms with van der Waals surface area (Å²) in [6.45, 7) is 1.69. The SMILES string of the molecule is CCCCCCCCCCCCCCCCCCCC/C=C/CC/C=C/C(O)C(COC1OC(CO)C(OC2OC(CO)C(OC3OC(CO)C(O)C(O)C3O)C(O)C2O)C(O)C1O)NC(=O)CCCCCCCCCCCC. The van der Waals surface area contributed by atoms with Crippen molar-refractivity contribution in [1.82, 2.24) is 5.32 Å². The molecule has 19 nitrogen and oxygen atoms in total. The van der Waals surface area contributed by atoms with Crippen molar-refractivity contribution in [1.29, 1.82) is 0 Å². The van der Waals surface area contributed by atoms with Gasteiger partial charge in [0.25, 0.3) is 0 Å². The monoisotopic (exact) mass is 1130 g/mol. The number of carbonyl (C=O) groups is 1. The Morgan fingerprint density at radius 3 is 1.27 bits per heavy atom. The second-order valence-corrected chi connectivity index (χ2v) is 22.5. The topological polar surface area (TPSA) is 307 Å². The first-order valence-corrected chi connectivity index (χ1v) is 31.1. The quantitative estimate of drug-likeness (QED) is 0.0248. The molecule has 3 heterocycles. The minimum Gasteiger partial charge on any atom is -0.394 e. The fourth-order valence-electron chi connectivity index (χ4n) is 10.6. The Morgan fingerprint density at radius 1 is 0.443 bits per heavy atom. The van der Waals surface area contributed by atoms with Crippen molar-refractivity contribution in [2.45, 2.75) is 324 Å². The molecule has 3 fully saturated rings. The van der Waals surface area contributed by atoms with Crippen molar-refractivity contribution in [3.05, 3.63) is 24.3 Å². The predicted octanol–water partition coefficient (Wildman–Crippen LogP) is 5.93. The van der Waals surface area contributed by atoms with Crippen LogP contribution < -0.4 is 5.32 Å². The van der Waals surface area contributed by atoms with E-state index in [1.54, 1.807) is 6.08 Å². The van der Waals surface area contributed by atoms with Crippen LogP contribution in [0.1, 0.15) is 219 Å². The van der Waals surface area contributed by atoms with Crippen molar-refractivity contribution in [3.63, 3.8) is 0 Å². The Balaban J connectivity index is 1.46. The lowest BCUT2D eigenvalue weighted by Crippen LogP contribution is -2.66. The van der Waals surface area contributed by atoms with Crippen molar-refractivity contribution < 1.29 is 89.4 Å². The van der Waals surface area contributed by atoms with Crippen molar-refractivity contribution in [2.75, 3.05) is 26.4 Å². The maximum atomic E-state index is 13.3. The molecule has 464 valence electrons. The molecule has 3 aliphatic rings. The second kappa shape index (κ2) is 43.8. The van der Waals surface area contributed by atoms with Gasteiger partial charge in [0.2, 0.25) is 5.91 Å². The number of carbonyl (C=O) groups excluding carboxylic acids is 1. The maximum absolute atomic E-state index is 13.3. The number of unbranched alkanes of at least 4 members (excludes halogenated alkanes) is 28. The number of nitrogens with one attached hydrogen (secondary N) is 1. The van der Waals surface area contributed by atoms with E-state index in [0.29, 0.717) is 12.8 Å². The van der Waals surface area contributed by atoms with Crippen LogP contribution in [0, 0.1) is 0 Å². The van der Waals surface area contributed by atoms with E-state index in [1.807, 2.05) is 6.08 Å². The van der Waals surface area contributed by atoms with E-state index in [2.05, 4.69) is 31.3 Å². The molecule has 0 spiro atoms. The summed E-state index contributed by atoms with van der Waals surface area (Å²) < 4.78 is 34.2. The van der Waals surface area contributed by atoms with Crippen molar-refractivity contribution >= 4 is 5.91 Å². The molecule has 0 aromatic carbocycles. The predicted molar refractivity (Wildman–Crippen MR) is 300 cm³/mol. The number of amides is 1. The molecule has 0 aromatic rings. The summed E-state index contributed by atoms with van der Waals surface area (Å²) in [5.74, 6) is -0.287. The third-order valence-corrected chi connectivity index (χ3v) is 15.8. The normalized spacial score (nSPS) is 30.4. The molecule has 0 aromatic heterocycles. The highest BCUT2D eigenvalue weighted by molar-refractivity contribution is 5.76. The van der Waals surface area contributed by atoms with Gasteiger partial charge in [0.15, 0.2) is 18.9 Å². The molecule has 79 heavy (non-hydrogen) atoms. The minimum atomic E-state index is -1.98. The van der Waals surface area contributed by atoms with Crippen LogP contribution in [0.15, 0.2) is 24.3 Å². The number of ether oxygens (including phenoxy) is 6. The fourth-order valence-corrected chi connectivity index (χ4v) is 10.6. The van der Waals surface area contributed by atoms with E-state index in [4.69, 9.17) is 28.4 Å². The Morgan fingerprint density at radius 2 is 0.810 bits per heavy atom. The summed E-state index contributed by atoms with van der Waals surface area (Å²) in [6, 6.07) is -0.984. The highest BCUT2D eigenvalue weighted by Gasteiger charge is 2.53. The molecular weight excluding hydrogens is 1020 g/mol. The van der Waals surface area contributed by atoms with E-state index in [9.17, 15) is 61.0 Å². The summed E-state index contributed by atoms with van der Waals surface area (Å²) >= 11 is 0. The third kappa shape index (κ3) is 27.7. The smallest absolute Gasteiger partial charge is 0.220 e. The van der Waals surface area contributed by atoms with Crippen LogP contribution in [0.3, 0.4) is 0 Å². The van der Waals surface area contributed by atoms with Gasteiger partial charge in [-0.2, -0.15) is 0 Å². The highest BCUT2D eigenvalue weighted by atomic mass is 16.8. The standard InChI is InChI=1S/C60H111NO18/c1-3-5-7-9-11-13-15-16-17-18-19-20-21-22-23-24-25-26-27-28-29-31-33-35-37-44(65)43(61-48(66)38-36-34-32-30-14-12-10-8-6-4-2)42-74-58-54(72)51(69)56(46(40-63)76-58)79-60-55(73)52(70)57(47(41-64)77-60)78-59-53(71)50(68)49(67)45(39-62)75-59/h28-29,35,37,43-47,49-60,62-65,67-73H,3-27,30-34,36,38-42H2,1-2H3,(H,61,66)/b29-28+,37-35+. The maximum Gasteiger partial charge on any atom is 0.220 e. The number of rotatable bonds is 46. The Hall–Kier alpha value is -1.73. The number of hydrogen-bond donors (Lipinski definition) is 12. The van der Waals surface area contributed by atoms with Gasteiger partial charge < -0.3 is 89.9 Å². The van der Waals surface area contributed by atoms with Crippen LogP contribution in [-0.4, -0.2) is 193 Å². The zero-order valence-corrected chi connectivity index (χ0v) is 48.4. The average Bonchev–Trinajstić information content (AvgIpc) is 3.56. The Kier molecular flexibility index (Phi) is 39.7. The van der Waals surface area contributed by atoms with E-state index < -0.39 is 124 Å². The zero-order chi connectivity index (χ0) is 57.6. The summed E-state index contributed by atoms with van der Waals surface area (Å²) in [7, 11) is 0. The number of aliphatic hydroxyl groups is 11. The van der Waals surface area contributed by atoms with Gasteiger partial charge in [0.1, 0.15) is 73.2 Å². The lowest BCUT2D eigenvalue weighted by molar-refractivity contribution is -0.379. The molecule has 3 rings (SSSR count). The van der Waals surface area contributed by atoms with Crippen LogP contribution in [0.2, 0.25) is 0 Å². The highest BCUT2D eigenvalue weighted by Crippen LogP contribution is 2.33. The summed E-state index contributed by atoms with van der Waals surface area (Å²) in [4.78, 5) is 13.3. The number of allylic oxidation sites excluding steroid dienone is 3. The van der Waals surface area contributed by atoms with Gasteiger partial charge in [-0.05, 0) is 32.1 Å². The minimum absolute atomic E-state index is 0.238. The first kappa shape index (κ1) is 71.5. The fraction of sp³-hybridized carbons (Fsp3) is 0.917. The molecule has 17 atom stereocenters. The number of hydrogen-bond acceptors (Lipinski definition) is 18. The van der Waals surface area contributed by atoms with E-state index in [0.717, 1.165) is 38.5 Å². The third-order valence-electron chi connectivity index (χ3n) is 15.8. The van der Waals surface area contributed by atoms with Crippen molar-refractivity contribution in [2.24, 2.45) is 0 Å². The Labute approximate surface area is 473 Å². The van der Waals surface area contributed by atoms with Gasteiger partial charge in [-0.1, -0.05) is 205 Å². The van der Waals surface area contributed by atoms with Crippen LogP contribution in [0.4, 0.5) is 0 Å². The van der Waals surface area contributed by atoms with Gasteiger partial charge in [-0.25, -0.2) is 0 Å². The summed E-state index contributed by atoms with van der Waals surface area (Å²) in [5, 5.41) is 120.